The number of hydrogen-bond donors (Lipinski definition) is 0. The highest BCUT2D eigenvalue weighted by atomic mass is 28.3. The summed E-state index contributed by atoms with van der Waals surface area (Å²) >= 11 is 0. The molecule has 0 saturated heterocycles. The lowest BCUT2D eigenvalue weighted by Gasteiger charge is -2.11. The topological polar surface area (TPSA) is 34.5 Å². The van der Waals surface area contributed by atoms with E-state index in [0.717, 1.165) is 28.5 Å². The van der Waals surface area contributed by atoms with E-state index in [1.54, 1.807) is 0 Å². The summed E-state index contributed by atoms with van der Waals surface area (Å²) in [6.07, 6.45) is 0. The Labute approximate surface area is 122 Å². The van der Waals surface area contributed by atoms with Crippen LogP contribution in [0.1, 0.15) is 18.3 Å². The minimum atomic E-state index is -0.800. The van der Waals surface area contributed by atoms with Gasteiger partial charge in [-0.1, -0.05) is 18.2 Å². The minimum absolute atomic E-state index is 0.800. The van der Waals surface area contributed by atoms with Gasteiger partial charge in [0.05, 0.1) is 11.4 Å². The van der Waals surface area contributed by atoms with Crippen molar-refractivity contribution in [3.05, 3.63) is 53.9 Å². The molecule has 0 fully saturated rings. The molecular weight excluding hydrogens is 264 g/mol. The van der Waals surface area contributed by atoms with E-state index in [4.69, 9.17) is 4.43 Å². The summed E-state index contributed by atoms with van der Waals surface area (Å²) in [6, 6.07) is 13.8. The molecule has 0 saturated carbocycles. The third kappa shape index (κ3) is 3.77. The van der Waals surface area contributed by atoms with Crippen LogP contribution in [0, 0.1) is 6.92 Å². The summed E-state index contributed by atoms with van der Waals surface area (Å²) in [7, 11) is -0.800. The second-order valence-electron chi connectivity index (χ2n) is 4.84. The molecule has 2 rings (SSSR count). The van der Waals surface area contributed by atoms with Crippen LogP contribution in [-0.2, 0) is 0 Å². The molecule has 4 heteroatoms. The quantitative estimate of drug-likeness (QED) is 0.623. The average molecular weight is 283 g/mol. The third-order valence-corrected chi connectivity index (χ3v) is 3.35. The molecule has 0 aliphatic carbocycles. The first-order valence-electron chi connectivity index (χ1n) is 6.62. The number of aliphatic imine (C=N–C) groups is 1. The van der Waals surface area contributed by atoms with Crippen molar-refractivity contribution in [2.24, 2.45) is 4.99 Å². The van der Waals surface area contributed by atoms with Crippen LogP contribution in [0.5, 0.6) is 5.75 Å². The van der Waals surface area contributed by atoms with Gasteiger partial charge in [0, 0.05) is 5.69 Å². The van der Waals surface area contributed by atoms with Crippen molar-refractivity contribution in [1.82, 2.24) is 4.98 Å². The number of nitrogens with zero attached hydrogens (tertiary/aromatic N) is 2. The van der Waals surface area contributed by atoms with E-state index in [-0.39, 0.29) is 0 Å². The Kier molecular flexibility index (Phi) is 4.68. The second kappa shape index (κ2) is 6.48. The maximum absolute atomic E-state index is 5.88. The van der Waals surface area contributed by atoms with Crippen LogP contribution in [0.2, 0.25) is 13.1 Å². The van der Waals surface area contributed by atoms with Crippen molar-refractivity contribution >= 4 is 20.4 Å². The highest BCUT2D eigenvalue weighted by molar-refractivity contribution is 6.49. The summed E-state index contributed by atoms with van der Waals surface area (Å²) in [5.74, 6) is 0.846. The van der Waals surface area contributed by atoms with Crippen molar-refractivity contribution in [3.8, 4) is 5.75 Å². The fourth-order valence-corrected chi connectivity index (χ4v) is 2.45. The summed E-state index contributed by atoms with van der Waals surface area (Å²) in [4.78, 5) is 9.16. The van der Waals surface area contributed by atoms with Crippen LogP contribution < -0.4 is 4.43 Å². The molecule has 0 aliphatic rings. The van der Waals surface area contributed by atoms with Gasteiger partial charge in [-0.25, -0.2) is 4.99 Å². The normalized spacial score (nSPS) is 11.8. The summed E-state index contributed by atoms with van der Waals surface area (Å²) in [6.45, 7) is 8.18. The molecule has 3 nitrogen and oxygen atoms in total. The molecule has 0 unspecified atom stereocenters. The van der Waals surface area contributed by atoms with Gasteiger partial charge in [-0.2, -0.15) is 0 Å². The molecule has 1 radical (unpaired) electrons. The van der Waals surface area contributed by atoms with E-state index in [1.807, 2.05) is 56.3 Å². The van der Waals surface area contributed by atoms with Gasteiger partial charge in [0.15, 0.2) is 0 Å². The zero-order chi connectivity index (χ0) is 14.5. The molecule has 103 valence electrons. The van der Waals surface area contributed by atoms with E-state index < -0.39 is 9.04 Å². The Balaban J connectivity index is 2.35. The lowest BCUT2D eigenvalue weighted by atomic mass is 10.2. The molecule has 0 amide bonds. The Morgan fingerprint density at radius 3 is 2.55 bits per heavy atom. The third-order valence-electron chi connectivity index (χ3n) is 2.73. The highest BCUT2D eigenvalue weighted by Crippen LogP contribution is 2.28. The van der Waals surface area contributed by atoms with Crippen molar-refractivity contribution in [3.63, 3.8) is 0 Å². The molecule has 0 bridgehead atoms. The number of hydrogen-bond acceptors (Lipinski definition) is 3. The summed E-state index contributed by atoms with van der Waals surface area (Å²) in [5.41, 5.74) is 3.65. The number of rotatable bonds is 4. The monoisotopic (exact) mass is 283 g/mol. The van der Waals surface area contributed by atoms with Crippen molar-refractivity contribution in [2.75, 3.05) is 0 Å². The van der Waals surface area contributed by atoms with Crippen molar-refractivity contribution in [1.29, 1.82) is 0 Å². The number of aryl methyl sites for hydroxylation is 1. The molecule has 1 aromatic heterocycles. The first kappa shape index (κ1) is 14.5. The zero-order valence-corrected chi connectivity index (χ0v) is 13.3. The molecule has 1 aromatic carbocycles. The van der Waals surface area contributed by atoms with Crippen LogP contribution in [0.25, 0.3) is 0 Å². The molecule has 0 spiro atoms. The molecular formula is C16H19N2OSi. The smallest absolute Gasteiger partial charge is 0.274 e. The van der Waals surface area contributed by atoms with Gasteiger partial charge in [0.2, 0.25) is 0 Å². The minimum Gasteiger partial charge on any atom is -0.541 e. The molecule has 0 atom stereocenters. The maximum atomic E-state index is 5.88. The fourth-order valence-electron chi connectivity index (χ4n) is 1.84. The van der Waals surface area contributed by atoms with Gasteiger partial charge in [-0.05, 0) is 51.2 Å². The predicted molar refractivity (Wildman–Crippen MR) is 85.4 cm³/mol. The van der Waals surface area contributed by atoms with Crippen molar-refractivity contribution < 1.29 is 4.43 Å². The van der Waals surface area contributed by atoms with Gasteiger partial charge in [-0.15, -0.1) is 0 Å². The first-order valence-corrected chi connectivity index (χ1v) is 9.03. The highest BCUT2D eigenvalue weighted by Gasteiger charge is 2.07. The summed E-state index contributed by atoms with van der Waals surface area (Å²) < 4.78 is 5.88. The number of pyridine rings is 1. The van der Waals surface area contributed by atoms with Crippen LogP contribution in [0.15, 0.2) is 47.5 Å². The molecule has 0 N–H and O–H groups in total. The second-order valence-corrected chi connectivity index (χ2v) is 6.86. The molecule has 1 heterocycles. The summed E-state index contributed by atoms with van der Waals surface area (Å²) in [5, 5.41) is 0. The zero-order valence-electron chi connectivity index (χ0n) is 12.3. The first-order chi connectivity index (χ1) is 9.56. The van der Waals surface area contributed by atoms with Crippen LogP contribution in [-0.4, -0.2) is 19.7 Å². The van der Waals surface area contributed by atoms with E-state index in [9.17, 15) is 0 Å². The number of benzene rings is 1. The van der Waals surface area contributed by atoms with E-state index in [0.29, 0.717) is 0 Å². The molecule has 20 heavy (non-hydrogen) atoms. The Morgan fingerprint density at radius 1 is 1.10 bits per heavy atom. The van der Waals surface area contributed by atoms with E-state index >= 15 is 0 Å². The van der Waals surface area contributed by atoms with Gasteiger partial charge in [0.25, 0.3) is 9.04 Å². The fraction of sp³-hybridized carbons (Fsp3) is 0.250. The average Bonchev–Trinajstić information content (AvgIpc) is 2.40. The van der Waals surface area contributed by atoms with Crippen LogP contribution in [0.3, 0.4) is 0 Å². The van der Waals surface area contributed by atoms with Crippen molar-refractivity contribution in [2.45, 2.75) is 26.9 Å². The SMILES string of the molecule is CC(=Nc1ccccc1O[Si](C)C)c1cccc(C)n1. The van der Waals surface area contributed by atoms with Gasteiger partial charge < -0.3 is 4.43 Å². The lowest BCUT2D eigenvalue weighted by molar-refractivity contribution is 0.582. The van der Waals surface area contributed by atoms with Gasteiger partial charge in [0.1, 0.15) is 11.4 Å². The Morgan fingerprint density at radius 2 is 1.85 bits per heavy atom. The van der Waals surface area contributed by atoms with Gasteiger partial charge in [-0.3, -0.25) is 4.98 Å². The van der Waals surface area contributed by atoms with E-state index in [1.165, 1.54) is 0 Å². The number of para-hydroxylation sites is 2. The standard InChI is InChI=1S/C16H19N2OSi/c1-12-8-7-10-14(17-12)13(2)18-15-9-5-6-11-16(15)19-20(3)4/h5-11H,1-4H3. The largest absolute Gasteiger partial charge is 0.541 e. The Bertz CT molecular complexity index is 623. The molecule has 2 aromatic rings. The Hall–Kier alpha value is -1.94. The van der Waals surface area contributed by atoms with Crippen LogP contribution >= 0.6 is 0 Å². The number of aromatic nitrogens is 1. The predicted octanol–water partition coefficient (Wildman–Crippen LogP) is 4.16. The van der Waals surface area contributed by atoms with E-state index in [2.05, 4.69) is 23.1 Å². The van der Waals surface area contributed by atoms with Gasteiger partial charge >= 0.3 is 0 Å². The van der Waals surface area contributed by atoms with Crippen LogP contribution in [0.4, 0.5) is 5.69 Å². The lowest BCUT2D eigenvalue weighted by Crippen LogP contribution is -2.11. The maximum Gasteiger partial charge on any atom is 0.274 e. The molecule has 0 aliphatic heterocycles.